The maximum Gasteiger partial charge on any atom is 0.211 e. The molecular formula is C15H21N3OS. The van der Waals surface area contributed by atoms with Crippen molar-refractivity contribution in [2.45, 2.75) is 43.9 Å². The molecule has 0 aromatic heterocycles. The standard InChI is InChI=1S/C15H21N3OS/c1-14(2)9-15(3,18-13(16)20-14)11-6-4-5-7-12(8-11)17-10-19/h4,6-8,10H,5,9H2,1-3H3,(H2,16,18)(H,17,19). The average molecular weight is 291 g/mol. The van der Waals surface area contributed by atoms with E-state index in [1.165, 1.54) is 0 Å². The highest BCUT2D eigenvalue weighted by Gasteiger charge is 2.39. The molecule has 0 aromatic rings. The van der Waals surface area contributed by atoms with E-state index in [1.807, 2.05) is 12.2 Å². The van der Waals surface area contributed by atoms with E-state index in [2.05, 4.69) is 43.2 Å². The van der Waals surface area contributed by atoms with Gasteiger partial charge in [0.05, 0.1) is 5.54 Å². The molecule has 3 N–H and O–H groups in total. The first-order valence-corrected chi connectivity index (χ1v) is 7.50. The molecule has 0 fully saturated rings. The van der Waals surface area contributed by atoms with Crippen LogP contribution in [-0.2, 0) is 4.79 Å². The lowest BCUT2D eigenvalue weighted by atomic mass is 9.83. The molecule has 4 nitrogen and oxygen atoms in total. The highest BCUT2D eigenvalue weighted by atomic mass is 32.2. The zero-order valence-electron chi connectivity index (χ0n) is 12.1. The topological polar surface area (TPSA) is 67.5 Å². The Morgan fingerprint density at radius 3 is 2.85 bits per heavy atom. The van der Waals surface area contributed by atoms with Crippen LogP contribution in [0.1, 0.15) is 33.6 Å². The number of allylic oxidation sites excluding steroid dienone is 3. The smallest absolute Gasteiger partial charge is 0.211 e. The van der Waals surface area contributed by atoms with Gasteiger partial charge in [-0.3, -0.25) is 9.79 Å². The fourth-order valence-corrected chi connectivity index (χ4v) is 3.96. The van der Waals surface area contributed by atoms with Crippen LogP contribution < -0.4 is 11.1 Å². The summed E-state index contributed by atoms with van der Waals surface area (Å²) in [6, 6.07) is 0. The van der Waals surface area contributed by atoms with Gasteiger partial charge in [0.2, 0.25) is 6.41 Å². The lowest BCUT2D eigenvalue weighted by Gasteiger charge is -2.39. The molecule has 0 aromatic carbocycles. The lowest BCUT2D eigenvalue weighted by Crippen LogP contribution is -2.41. The Morgan fingerprint density at radius 1 is 1.45 bits per heavy atom. The third-order valence-corrected chi connectivity index (χ3v) is 4.43. The lowest BCUT2D eigenvalue weighted by molar-refractivity contribution is -0.108. The fraction of sp³-hybridized carbons (Fsp3) is 0.467. The zero-order valence-corrected chi connectivity index (χ0v) is 13.0. The Hall–Kier alpha value is -1.49. The predicted molar refractivity (Wildman–Crippen MR) is 85.4 cm³/mol. The molecule has 0 radical (unpaired) electrons. The molecule has 108 valence electrons. The largest absolute Gasteiger partial charge is 0.378 e. The van der Waals surface area contributed by atoms with Gasteiger partial charge in [-0.2, -0.15) is 0 Å². The number of hydrogen-bond donors (Lipinski definition) is 2. The molecule has 2 rings (SSSR count). The maximum absolute atomic E-state index is 10.7. The number of nitrogens with zero attached hydrogens (tertiary/aromatic N) is 1. The molecule has 1 heterocycles. The van der Waals surface area contributed by atoms with Crippen LogP contribution in [0.4, 0.5) is 0 Å². The van der Waals surface area contributed by atoms with Gasteiger partial charge in [-0.05, 0) is 31.4 Å². The highest BCUT2D eigenvalue weighted by Crippen LogP contribution is 2.43. The van der Waals surface area contributed by atoms with E-state index in [0.29, 0.717) is 11.6 Å². The second kappa shape index (κ2) is 5.48. The first kappa shape index (κ1) is 14.9. The van der Waals surface area contributed by atoms with E-state index in [1.54, 1.807) is 11.8 Å². The van der Waals surface area contributed by atoms with E-state index in [-0.39, 0.29) is 10.3 Å². The number of nitrogens with two attached hydrogens (primary N) is 1. The van der Waals surface area contributed by atoms with Gasteiger partial charge in [0.1, 0.15) is 0 Å². The van der Waals surface area contributed by atoms with Gasteiger partial charge >= 0.3 is 0 Å². The van der Waals surface area contributed by atoms with Crippen LogP contribution in [0.3, 0.4) is 0 Å². The van der Waals surface area contributed by atoms with Gasteiger partial charge < -0.3 is 11.1 Å². The third-order valence-electron chi connectivity index (χ3n) is 3.44. The zero-order chi connectivity index (χ0) is 14.8. The maximum atomic E-state index is 10.7. The van der Waals surface area contributed by atoms with E-state index >= 15 is 0 Å². The first-order chi connectivity index (χ1) is 9.35. The van der Waals surface area contributed by atoms with Crippen molar-refractivity contribution in [1.29, 1.82) is 0 Å². The second-order valence-corrected chi connectivity index (χ2v) is 7.65. The molecule has 5 heteroatoms. The van der Waals surface area contributed by atoms with Gasteiger partial charge in [0.15, 0.2) is 5.17 Å². The summed E-state index contributed by atoms with van der Waals surface area (Å²) in [5.74, 6) is 0. The number of rotatable bonds is 3. The molecule has 0 saturated heterocycles. The molecular weight excluding hydrogens is 270 g/mol. The summed E-state index contributed by atoms with van der Waals surface area (Å²) in [4.78, 5) is 15.3. The van der Waals surface area contributed by atoms with Gasteiger partial charge in [-0.1, -0.05) is 43.8 Å². The monoisotopic (exact) mass is 291 g/mol. The van der Waals surface area contributed by atoms with Crippen molar-refractivity contribution < 1.29 is 4.79 Å². The van der Waals surface area contributed by atoms with Crippen molar-refractivity contribution in [1.82, 2.24) is 5.32 Å². The number of carbonyl (C=O) groups is 1. The number of amides is 1. The quantitative estimate of drug-likeness (QED) is 0.785. The van der Waals surface area contributed by atoms with E-state index in [4.69, 9.17) is 5.73 Å². The average Bonchev–Trinajstić information content (AvgIpc) is 2.52. The van der Waals surface area contributed by atoms with Crippen molar-refractivity contribution >= 4 is 23.3 Å². The summed E-state index contributed by atoms with van der Waals surface area (Å²) < 4.78 is 0.0452. The molecule has 0 spiro atoms. The van der Waals surface area contributed by atoms with Crippen LogP contribution in [0.2, 0.25) is 0 Å². The van der Waals surface area contributed by atoms with Crippen LogP contribution in [0.15, 0.2) is 40.6 Å². The Kier molecular flexibility index (Phi) is 4.09. The first-order valence-electron chi connectivity index (χ1n) is 6.68. The molecule has 0 saturated carbocycles. The van der Waals surface area contributed by atoms with E-state index in [9.17, 15) is 4.79 Å². The SMILES string of the molecule is CC1(C)CC(C)(C2=CC(NC=O)=CCC=C2)N=C(N)S1. The summed E-state index contributed by atoms with van der Waals surface area (Å²) >= 11 is 1.62. The predicted octanol–water partition coefficient (Wildman–Crippen LogP) is 2.49. The molecule has 1 unspecified atom stereocenters. The van der Waals surface area contributed by atoms with Gasteiger partial charge in [0, 0.05) is 10.4 Å². The van der Waals surface area contributed by atoms with Crippen molar-refractivity contribution in [3.05, 3.63) is 35.6 Å². The Balaban J connectivity index is 2.40. The number of carbonyl (C=O) groups excluding carboxylic acids is 1. The van der Waals surface area contributed by atoms with Crippen molar-refractivity contribution in [3.8, 4) is 0 Å². The molecule has 1 atom stereocenters. The summed E-state index contributed by atoms with van der Waals surface area (Å²) in [6.07, 6.45) is 10.5. The third kappa shape index (κ3) is 3.33. The number of aliphatic imine (C=N–C) groups is 1. The minimum absolute atomic E-state index is 0.0452. The molecule has 2 aliphatic rings. The summed E-state index contributed by atoms with van der Waals surface area (Å²) in [6.45, 7) is 6.46. The van der Waals surface area contributed by atoms with Crippen LogP contribution in [-0.4, -0.2) is 21.9 Å². The van der Waals surface area contributed by atoms with Gasteiger partial charge in [0.25, 0.3) is 0 Å². The van der Waals surface area contributed by atoms with Crippen molar-refractivity contribution in [3.63, 3.8) is 0 Å². The number of hydrogen-bond acceptors (Lipinski definition) is 4. The summed E-state index contributed by atoms with van der Waals surface area (Å²) in [5, 5.41) is 3.34. The second-order valence-electron chi connectivity index (χ2n) is 5.92. The highest BCUT2D eigenvalue weighted by molar-refractivity contribution is 8.15. The normalized spacial score (nSPS) is 28.9. The van der Waals surface area contributed by atoms with E-state index < -0.39 is 0 Å². The van der Waals surface area contributed by atoms with Gasteiger partial charge in [-0.25, -0.2) is 0 Å². The minimum Gasteiger partial charge on any atom is -0.378 e. The molecule has 1 amide bonds. The molecule has 1 aliphatic carbocycles. The van der Waals surface area contributed by atoms with E-state index in [0.717, 1.165) is 24.1 Å². The van der Waals surface area contributed by atoms with Crippen molar-refractivity contribution in [2.24, 2.45) is 10.7 Å². The Morgan fingerprint density at radius 2 is 2.20 bits per heavy atom. The number of amidine groups is 1. The fourth-order valence-electron chi connectivity index (χ4n) is 2.79. The molecule has 20 heavy (non-hydrogen) atoms. The summed E-state index contributed by atoms with van der Waals surface area (Å²) in [5.41, 5.74) is 7.53. The van der Waals surface area contributed by atoms with Gasteiger partial charge in [-0.15, -0.1) is 0 Å². The number of thioether (sulfide) groups is 1. The van der Waals surface area contributed by atoms with Crippen LogP contribution >= 0.6 is 11.8 Å². The van der Waals surface area contributed by atoms with Crippen LogP contribution in [0.5, 0.6) is 0 Å². The molecule has 0 bridgehead atoms. The molecule has 1 aliphatic heterocycles. The van der Waals surface area contributed by atoms with Crippen LogP contribution in [0, 0.1) is 0 Å². The summed E-state index contributed by atoms with van der Waals surface area (Å²) in [7, 11) is 0. The van der Waals surface area contributed by atoms with Crippen LogP contribution in [0.25, 0.3) is 0 Å². The number of nitrogens with one attached hydrogen (secondary N) is 1. The minimum atomic E-state index is -0.358. The van der Waals surface area contributed by atoms with Crippen molar-refractivity contribution in [2.75, 3.05) is 0 Å². The Labute approximate surface area is 124 Å². The Bertz CT molecular complexity index is 531.